The van der Waals surface area contributed by atoms with Crippen LogP contribution in [0.15, 0.2) is 12.1 Å². The van der Waals surface area contributed by atoms with Crippen LogP contribution in [-0.2, 0) is 0 Å². The molecule has 1 N–H and O–H groups in total. The molecular formula is C15H22N4O. The van der Waals surface area contributed by atoms with Gasteiger partial charge in [0.2, 0.25) is 0 Å². The molecule has 1 aromatic rings. The van der Waals surface area contributed by atoms with Gasteiger partial charge in [-0.3, -0.25) is 4.79 Å². The average molecular weight is 274 g/mol. The highest BCUT2D eigenvalue weighted by molar-refractivity contribution is 5.93. The second-order valence-corrected chi connectivity index (χ2v) is 5.84. The summed E-state index contributed by atoms with van der Waals surface area (Å²) in [6, 6.07) is 4.26. The zero-order valence-corrected chi connectivity index (χ0v) is 12.2. The zero-order chi connectivity index (χ0) is 14.1. The molecule has 0 bridgehead atoms. The molecule has 1 aromatic heterocycles. The summed E-state index contributed by atoms with van der Waals surface area (Å²) in [5.41, 5.74) is 2.63. The molecule has 3 rings (SSSR count). The van der Waals surface area contributed by atoms with Crippen molar-refractivity contribution in [1.82, 2.24) is 15.2 Å². The van der Waals surface area contributed by atoms with E-state index in [2.05, 4.69) is 27.1 Å². The van der Waals surface area contributed by atoms with Gasteiger partial charge in [0.15, 0.2) is 0 Å². The van der Waals surface area contributed by atoms with Crippen molar-refractivity contribution in [3.63, 3.8) is 0 Å². The smallest absolute Gasteiger partial charge is 0.270 e. The molecule has 5 nitrogen and oxygen atoms in total. The minimum atomic E-state index is -0.0412. The van der Waals surface area contributed by atoms with Crippen LogP contribution in [0, 0.1) is 6.92 Å². The van der Waals surface area contributed by atoms with Crippen molar-refractivity contribution >= 4 is 11.6 Å². The van der Waals surface area contributed by atoms with Gasteiger partial charge >= 0.3 is 0 Å². The predicted octanol–water partition coefficient (Wildman–Crippen LogP) is 1.03. The van der Waals surface area contributed by atoms with Gasteiger partial charge in [-0.05, 0) is 38.9 Å². The van der Waals surface area contributed by atoms with Crippen molar-refractivity contribution < 1.29 is 4.79 Å². The molecule has 1 aliphatic heterocycles. The number of nitrogens with one attached hydrogen (secondary N) is 1. The number of aryl methyl sites for hydroxylation is 1. The maximum absolute atomic E-state index is 12.0. The van der Waals surface area contributed by atoms with E-state index in [9.17, 15) is 4.79 Å². The summed E-state index contributed by atoms with van der Waals surface area (Å²) in [5.74, 6) is -0.0412. The summed E-state index contributed by atoms with van der Waals surface area (Å²) in [5, 5.41) is 2.98. The Kier molecular flexibility index (Phi) is 3.61. The molecule has 108 valence electrons. The first-order valence-electron chi connectivity index (χ1n) is 7.35. The molecule has 2 aliphatic rings. The second-order valence-electron chi connectivity index (χ2n) is 5.84. The third-order valence-electron chi connectivity index (χ3n) is 4.05. The number of carbonyl (C=O) groups is 1. The van der Waals surface area contributed by atoms with E-state index < -0.39 is 0 Å². The topological polar surface area (TPSA) is 48.5 Å². The Balaban J connectivity index is 1.71. The number of rotatable bonds is 3. The lowest BCUT2D eigenvalue weighted by Gasteiger charge is -2.34. The lowest BCUT2D eigenvalue weighted by atomic mass is 10.2. The van der Waals surface area contributed by atoms with E-state index in [0.29, 0.717) is 11.7 Å². The SMILES string of the molecule is Cc1nc(C(=O)NC2CC2)ccc1N1CCN(C)CC1. The maximum Gasteiger partial charge on any atom is 0.270 e. The third-order valence-corrected chi connectivity index (χ3v) is 4.05. The molecule has 20 heavy (non-hydrogen) atoms. The number of aromatic nitrogens is 1. The Morgan fingerprint density at radius 1 is 1.25 bits per heavy atom. The van der Waals surface area contributed by atoms with Crippen LogP contribution in [0.2, 0.25) is 0 Å². The van der Waals surface area contributed by atoms with Gasteiger partial charge in [-0.2, -0.15) is 0 Å². The summed E-state index contributed by atoms with van der Waals surface area (Å²) >= 11 is 0. The molecule has 5 heteroatoms. The number of piperazine rings is 1. The number of anilines is 1. The van der Waals surface area contributed by atoms with Crippen LogP contribution < -0.4 is 10.2 Å². The number of hydrogen-bond acceptors (Lipinski definition) is 4. The molecule has 0 aromatic carbocycles. The van der Waals surface area contributed by atoms with Gasteiger partial charge in [0, 0.05) is 32.2 Å². The zero-order valence-electron chi connectivity index (χ0n) is 12.2. The van der Waals surface area contributed by atoms with E-state index in [1.807, 2.05) is 19.1 Å². The standard InChI is InChI=1S/C15H22N4O/c1-11-14(19-9-7-18(2)8-10-19)6-5-13(16-11)15(20)17-12-3-4-12/h5-6,12H,3-4,7-10H2,1-2H3,(H,17,20). The number of nitrogens with zero attached hydrogens (tertiary/aromatic N) is 3. The largest absolute Gasteiger partial charge is 0.368 e. The van der Waals surface area contributed by atoms with Crippen molar-refractivity contribution in [2.24, 2.45) is 0 Å². The minimum Gasteiger partial charge on any atom is -0.368 e. The number of pyridine rings is 1. The van der Waals surface area contributed by atoms with E-state index in [-0.39, 0.29) is 5.91 Å². The average Bonchev–Trinajstić information content (AvgIpc) is 3.24. The Labute approximate surface area is 120 Å². The fourth-order valence-electron chi connectivity index (χ4n) is 2.55. The highest BCUT2D eigenvalue weighted by Crippen LogP contribution is 2.22. The van der Waals surface area contributed by atoms with Gasteiger partial charge in [0.1, 0.15) is 5.69 Å². The Bertz CT molecular complexity index is 505. The molecule has 2 fully saturated rings. The summed E-state index contributed by atoms with van der Waals surface area (Å²) in [7, 11) is 2.15. The monoisotopic (exact) mass is 274 g/mol. The first-order valence-corrected chi connectivity index (χ1v) is 7.35. The normalized spacial score (nSPS) is 20.0. The fraction of sp³-hybridized carbons (Fsp3) is 0.600. The van der Waals surface area contributed by atoms with Crippen LogP contribution in [0.1, 0.15) is 29.0 Å². The van der Waals surface area contributed by atoms with Gasteiger partial charge in [-0.1, -0.05) is 0 Å². The summed E-state index contributed by atoms with van der Waals surface area (Å²) in [4.78, 5) is 21.1. The quantitative estimate of drug-likeness (QED) is 0.894. The van der Waals surface area contributed by atoms with E-state index in [4.69, 9.17) is 0 Å². The van der Waals surface area contributed by atoms with Crippen molar-refractivity contribution in [2.45, 2.75) is 25.8 Å². The van der Waals surface area contributed by atoms with Gasteiger partial charge in [-0.25, -0.2) is 4.98 Å². The van der Waals surface area contributed by atoms with Gasteiger partial charge in [0.05, 0.1) is 11.4 Å². The fourth-order valence-corrected chi connectivity index (χ4v) is 2.55. The lowest BCUT2D eigenvalue weighted by Crippen LogP contribution is -2.44. The van der Waals surface area contributed by atoms with Crippen molar-refractivity contribution in [2.75, 3.05) is 38.1 Å². The molecule has 1 saturated carbocycles. The summed E-state index contributed by atoms with van der Waals surface area (Å²) in [6.07, 6.45) is 2.20. The molecule has 1 amide bonds. The first kappa shape index (κ1) is 13.4. The van der Waals surface area contributed by atoms with Crippen molar-refractivity contribution in [1.29, 1.82) is 0 Å². The molecule has 0 atom stereocenters. The van der Waals surface area contributed by atoms with Crippen LogP contribution in [0.5, 0.6) is 0 Å². The highest BCUT2D eigenvalue weighted by atomic mass is 16.2. The van der Waals surface area contributed by atoms with Crippen LogP contribution in [-0.4, -0.2) is 55.1 Å². The Morgan fingerprint density at radius 2 is 1.95 bits per heavy atom. The number of amides is 1. The van der Waals surface area contributed by atoms with Gasteiger partial charge in [-0.15, -0.1) is 0 Å². The van der Waals surface area contributed by atoms with E-state index in [0.717, 1.165) is 50.4 Å². The first-order chi connectivity index (χ1) is 9.63. The van der Waals surface area contributed by atoms with Gasteiger partial charge < -0.3 is 15.1 Å². The van der Waals surface area contributed by atoms with Crippen LogP contribution in [0.25, 0.3) is 0 Å². The van der Waals surface area contributed by atoms with E-state index in [1.165, 1.54) is 0 Å². The van der Waals surface area contributed by atoms with E-state index >= 15 is 0 Å². The van der Waals surface area contributed by atoms with Crippen molar-refractivity contribution in [3.8, 4) is 0 Å². The maximum atomic E-state index is 12.0. The number of carbonyl (C=O) groups excluding carboxylic acids is 1. The molecule has 0 unspecified atom stereocenters. The number of likely N-dealkylation sites (N-methyl/N-ethyl adjacent to an activating group) is 1. The highest BCUT2D eigenvalue weighted by Gasteiger charge is 2.25. The molecule has 1 aliphatic carbocycles. The van der Waals surface area contributed by atoms with E-state index in [1.54, 1.807) is 0 Å². The van der Waals surface area contributed by atoms with Gasteiger partial charge in [0.25, 0.3) is 5.91 Å². The third kappa shape index (κ3) is 2.93. The molecule has 2 heterocycles. The Hall–Kier alpha value is -1.62. The molecular weight excluding hydrogens is 252 g/mol. The van der Waals surface area contributed by atoms with Crippen molar-refractivity contribution in [3.05, 3.63) is 23.5 Å². The van der Waals surface area contributed by atoms with Crippen LogP contribution in [0.3, 0.4) is 0 Å². The second kappa shape index (κ2) is 5.40. The molecule has 0 radical (unpaired) electrons. The Morgan fingerprint density at radius 3 is 2.55 bits per heavy atom. The minimum absolute atomic E-state index is 0.0412. The predicted molar refractivity (Wildman–Crippen MR) is 79.2 cm³/mol. The number of hydrogen-bond donors (Lipinski definition) is 1. The van der Waals surface area contributed by atoms with Crippen LogP contribution in [0.4, 0.5) is 5.69 Å². The summed E-state index contributed by atoms with van der Waals surface area (Å²) < 4.78 is 0. The summed E-state index contributed by atoms with van der Waals surface area (Å²) in [6.45, 7) is 6.17. The lowest BCUT2D eigenvalue weighted by molar-refractivity contribution is 0.0946. The molecule has 1 saturated heterocycles. The molecule has 0 spiro atoms. The van der Waals surface area contributed by atoms with Crippen LogP contribution >= 0.6 is 0 Å².